The van der Waals surface area contributed by atoms with E-state index in [4.69, 9.17) is 0 Å². The van der Waals surface area contributed by atoms with Gasteiger partial charge < -0.3 is 0 Å². The van der Waals surface area contributed by atoms with Crippen LogP contribution in [0.1, 0.15) is 44.2 Å². The topological polar surface area (TPSA) is 0 Å². The van der Waals surface area contributed by atoms with Gasteiger partial charge in [-0.1, -0.05) is 50.6 Å². The van der Waals surface area contributed by atoms with Gasteiger partial charge in [-0.3, -0.25) is 0 Å². The highest BCUT2D eigenvalue weighted by Gasteiger charge is 2.57. The molecule has 0 aliphatic heterocycles. The summed E-state index contributed by atoms with van der Waals surface area (Å²) in [6, 6.07) is 13.4. The molecule has 2 saturated carbocycles. The lowest BCUT2D eigenvalue weighted by molar-refractivity contribution is 0.437. The highest BCUT2D eigenvalue weighted by atomic mass is 32.1. The molecule has 1 aromatic carbocycles. The van der Waals surface area contributed by atoms with Gasteiger partial charge >= 0.3 is 0 Å². The van der Waals surface area contributed by atoms with Crippen LogP contribution in [-0.2, 0) is 0 Å². The van der Waals surface area contributed by atoms with Gasteiger partial charge in [-0.25, -0.2) is 0 Å². The van der Waals surface area contributed by atoms with E-state index in [0.717, 1.165) is 11.8 Å². The van der Waals surface area contributed by atoms with Crippen LogP contribution in [0.25, 0.3) is 0 Å². The molecule has 2 radical (unpaired) electrons. The Morgan fingerprint density at radius 3 is 2.19 bits per heavy atom. The molecule has 1 heterocycles. The molecule has 1 aromatic heterocycles. The van der Waals surface area contributed by atoms with Gasteiger partial charge in [-0.2, -0.15) is 11.3 Å². The lowest BCUT2D eigenvalue weighted by Gasteiger charge is -2.35. The minimum atomic E-state index is 0.193. The minimum Gasteiger partial charge on any atom is -0.152 e. The van der Waals surface area contributed by atoms with Crippen LogP contribution >= 0.6 is 11.3 Å². The van der Waals surface area contributed by atoms with Crippen molar-refractivity contribution < 1.29 is 0 Å². The van der Waals surface area contributed by atoms with Crippen molar-refractivity contribution in [2.24, 2.45) is 17.3 Å². The molecule has 108 valence electrons. The molecular formula is C20H22S. The van der Waals surface area contributed by atoms with Gasteiger partial charge in [0.25, 0.3) is 0 Å². The summed E-state index contributed by atoms with van der Waals surface area (Å²) in [5.41, 5.74) is 3.15. The molecular weight excluding hydrogens is 272 g/mol. The quantitative estimate of drug-likeness (QED) is 0.661. The Labute approximate surface area is 132 Å². The fraction of sp³-hybridized carbons (Fsp3) is 0.400. The first kappa shape index (κ1) is 13.6. The third kappa shape index (κ3) is 2.01. The van der Waals surface area contributed by atoms with Crippen molar-refractivity contribution in [3.05, 3.63) is 70.1 Å². The molecule has 2 fully saturated rings. The first-order valence-electron chi connectivity index (χ1n) is 8.02. The molecule has 2 atom stereocenters. The van der Waals surface area contributed by atoms with E-state index in [1.54, 1.807) is 11.8 Å². The van der Waals surface area contributed by atoms with Crippen molar-refractivity contribution in [3.8, 4) is 0 Å². The predicted octanol–water partition coefficient (Wildman–Crippen LogP) is 5.75. The first-order chi connectivity index (χ1) is 10.2. The van der Waals surface area contributed by atoms with Crippen LogP contribution in [-0.4, -0.2) is 0 Å². The Kier molecular flexibility index (Phi) is 3.22. The normalized spacial score (nSPS) is 28.9. The highest BCUT2D eigenvalue weighted by molar-refractivity contribution is 7.08. The molecule has 0 nitrogen and oxygen atoms in total. The summed E-state index contributed by atoms with van der Waals surface area (Å²) in [4.78, 5) is 0. The van der Waals surface area contributed by atoms with Gasteiger partial charge in [0.1, 0.15) is 0 Å². The standard InChI is InChI=1S/C20H22S/c1-20(2)18(14-7-4-3-5-8-14)16-9-6-10-17(16)19(20)15-11-12-21-13-15/h3-5,7-8,11-13,16-17H,6,9-10H2,1-2H3. The van der Waals surface area contributed by atoms with Crippen LogP contribution < -0.4 is 0 Å². The monoisotopic (exact) mass is 294 g/mol. The number of rotatable bonds is 2. The summed E-state index contributed by atoms with van der Waals surface area (Å²) in [5, 5.41) is 4.57. The summed E-state index contributed by atoms with van der Waals surface area (Å²) in [7, 11) is 0. The molecule has 0 N–H and O–H groups in total. The van der Waals surface area contributed by atoms with Crippen molar-refractivity contribution in [2.75, 3.05) is 0 Å². The molecule has 2 aliphatic carbocycles. The summed E-state index contributed by atoms with van der Waals surface area (Å²) in [6.45, 7) is 4.89. The Morgan fingerprint density at radius 1 is 0.905 bits per heavy atom. The molecule has 2 aromatic rings. The predicted molar refractivity (Wildman–Crippen MR) is 90.1 cm³/mol. The molecule has 4 rings (SSSR count). The molecule has 1 heteroatoms. The average molecular weight is 294 g/mol. The Hall–Kier alpha value is -1.08. The zero-order valence-electron chi connectivity index (χ0n) is 12.8. The zero-order chi connectivity index (χ0) is 14.4. The molecule has 0 saturated heterocycles. The van der Waals surface area contributed by atoms with E-state index >= 15 is 0 Å². The zero-order valence-corrected chi connectivity index (χ0v) is 13.6. The van der Waals surface area contributed by atoms with Crippen LogP contribution in [0.3, 0.4) is 0 Å². The fourth-order valence-corrected chi connectivity index (χ4v) is 5.56. The van der Waals surface area contributed by atoms with Crippen molar-refractivity contribution in [1.82, 2.24) is 0 Å². The second-order valence-electron chi connectivity index (χ2n) is 6.97. The van der Waals surface area contributed by atoms with E-state index in [1.807, 2.05) is 11.3 Å². The molecule has 0 bridgehead atoms. The Balaban J connectivity index is 1.81. The van der Waals surface area contributed by atoms with Crippen LogP contribution in [0, 0.1) is 29.1 Å². The summed E-state index contributed by atoms with van der Waals surface area (Å²) in [6.07, 6.45) is 4.12. The Morgan fingerprint density at radius 2 is 1.57 bits per heavy atom. The van der Waals surface area contributed by atoms with E-state index < -0.39 is 0 Å². The van der Waals surface area contributed by atoms with Gasteiger partial charge in [-0.05, 0) is 58.0 Å². The van der Waals surface area contributed by atoms with E-state index in [9.17, 15) is 0 Å². The van der Waals surface area contributed by atoms with Gasteiger partial charge in [0, 0.05) is 11.8 Å². The number of hydrogen-bond donors (Lipinski definition) is 0. The molecule has 2 unspecified atom stereocenters. The smallest absolute Gasteiger partial charge is 0.0158 e. The van der Waals surface area contributed by atoms with Gasteiger partial charge in [0.2, 0.25) is 0 Å². The summed E-state index contributed by atoms with van der Waals surface area (Å²) >= 11 is 1.83. The molecule has 2 aliphatic rings. The van der Waals surface area contributed by atoms with E-state index in [0.29, 0.717) is 0 Å². The van der Waals surface area contributed by atoms with Crippen molar-refractivity contribution in [2.45, 2.75) is 33.1 Å². The number of benzene rings is 1. The van der Waals surface area contributed by atoms with Gasteiger partial charge in [0.15, 0.2) is 0 Å². The first-order valence-corrected chi connectivity index (χ1v) is 8.96. The summed E-state index contributed by atoms with van der Waals surface area (Å²) < 4.78 is 0. The SMILES string of the molecule is CC1(C)[C](c2ccccc2)C2CCCC2[C]1c1ccsc1. The van der Waals surface area contributed by atoms with Crippen LogP contribution in [0.2, 0.25) is 0 Å². The highest BCUT2D eigenvalue weighted by Crippen LogP contribution is 2.66. The number of hydrogen-bond acceptors (Lipinski definition) is 1. The second kappa shape index (κ2) is 4.98. The van der Waals surface area contributed by atoms with Crippen LogP contribution in [0.15, 0.2) is 47.2 Å². The van der Waals surface area contributed by atoms with Crippen molar-refractivity contribution >= 4 is 11.3 Å². The van der Waals surface area contributed by atoms with Gasteiger partial charge in [-0.15, -0.1) is 0 Å². The maximum Gasteiger partial charge on any atom is 0.0158 e. The maximum absolute atomic E-state index is 2.45. The summed E-state index contributed by atoms with van der Waals surface area (Å²) in [5.74, 6) is 4.92. The molecule has 0 amide bonds. The van der Waals surface area contributed by atoms with Crippen molar-refractivity contribution in [1.29, 1.82) is 0 Å². The molecule has 0 spiro atoms. The minimum absolute atomic E-state index is 0.193. The lowest BCUT2D eigenvalue weighted by Crippen LogP contribution is -2.26. The maximum atomic E-state index is 2.45. The van der Waals surface area contributed by atoms with Crippen molar-refractivity contribution in [3.63, 3.8) is 0 Å². The largest absolute Gasteiger partial charge is 0.152 e. The van der Waals surface area contributed by atoms with E-state index in [-0.39, 0.29) is 5.41 Å². The van der Waals surface area contributed by atoms with Crippen LogP contribution in [0.5, 0.6) is 0 Å². The average Bonchev–Trinajstić information content (AvgIpc) is 3.16. The van der Waals surface area contributed by atoms with E-state index in [1.165, 1.54) is 30.4 Å². The Bertz CT molecular complexity index is 596. The number of thiophene rings is 1. The molecule has 21 heavy (non-hydrogen) atoms. The lowest BCUT2D eigenvalue weighted by atomic mass is 9.68. The van der Waals surface area contributed by atoms with Gasteiger partial charge in [0.05, 0.1) is 0 Å². The third-order valence-corrected chi connectivity index (χ3v) is 6.20. The number of fused-ring (bicyclic) bond motifs is 1. The van der Waals surface area contributed by atoms with E-state index in [2.05, 4.69) is 61.0 Å². The fourth-order valence-electron chi connectivity index (χ4n) is 4.91. The third-order valence-electron chi connectivity index (χ3n) is 5.52. The van der Waals surface area contributed by atoms with Crippen LogP contribution in [0.4, 0.5) is 0 Å². The second-order valence-corrected chi connectivity index (χ2v) is 7.75.